The molecule has 1 rings (SSSR count). The first-order valence-electron chi connectivity index (χ1n) is 5.52. The number of likely N-dealkylation sites (tertiary alicyclic amines) is 1. The lowest BCUT2D eigenvalue weighted by Crippen LogP contribution is -2.60. The summed E-state index contributed by atoms with van der Waals surface area (Å²) >= 11 is 0. The first kappa shape index (κ1) is 10.7. The number of nitrogens with zero attached hydrogens (tertiary/aromatic N) is 1. The van der Waals surface area contributed by atoms with E-state index in [9.17, 15) is 4.79 Å². The van der Waals surface area contributed by atoms with E-state index in [1.807, 2.05) is 0 Å². The van der Waals surface area contributed by atoms with Crippen LogP contribution in [-0.4, -0.2) is 35.9 Å². The molecule has 2 heteroatoms. The SMILES string of the molecule is CC[N+]1(CC)CCCCC1C(C)=O. The molecule has 0 spiro atoms. The van der Waals surface area contributed by atoms with Crippen LogP contribution in [0.25, 0.3) is 0 Å². The molecule has 1 unspecified atom stereocenters. The number of rotatable bonds is 3. The third-order valence-electron chi connectivity index (χ3n) is 3.72. The summed E-state index contributed by atoms with van der Waals surface area (Å²) in [6.07, 6.45) is 3.65. The fourth-order valence-corrected chi connectivity index (χ4v) is 2.76. The van der Waals surface area contributed by atoms with Crippen molar-refractivity contribution in [3.8, 4) is 0 Å². The predicted octanol–water partition coefficient (Wildman–Crippen LogP) is 1.98. The zero-order chi connectivity index (χ0) is 9.90. The van der Waals surface area contributed by atoms with Crippen molar-refractivity contribution < 1.29 is 9.28 Å². The van der Waals surface area contributed by atoms with Crippen LogP contribution in [0.15, 0.2) is 0 Å². The quantitative estimate of drug-likeness (QED) is 0.613. The smallest absolute Gasteiger partial charge is 0.186 e. The fourth-order valence-electron chi connectivity index (χ4n) is 2.76. The third kappa shape index (κ3) is 1.93. The molecule has 76 valence electrons. The van der Waals surface area contributed by atoms with E-state index >= 15 is 0 Å². The maximum absolute atomic E-state index is 11.5. The highest BCUT2D eigenvalue weighted by Gasteiger charge is 2.39. The average molecular weight is 184 g/mol. The number of piperidine rings is 1. The second-order valence-corrected chi connectivity index (χ2v) is 4.20. The Bertz CT molecular complexity index is 185. The van der Waals surface area contributed by atoms with Crippen LogP contribution in [0.4, 0.5) is 0 Å². The summed E-state index contributed by atoms with van der Waals surface area (Å²) in [4.78, 5) is 11.5. The molecular formula is C11H22NO+. The monoisotopic (exact) mass is 184 g/mol. The van der Waals surface area contributed by atoms with Gasteiger partial charge in [-0.2, -0.15) is 0 Å². The molecule has 0 aromatic heterocycles. The molecule has 0 N–H and O–H groups in total. The van der Waals surface area contributed by atoms with Gasteiger partial charge in [-0.3, -0.25) is 4.79 Å². The summed E-state index contributed by atoms with van der Waals surface area (Å²) in [5.74, 6) is 0.392. The number of Topliss-reactive ketones (excluding diaryl/α,β-unsaturated/α-hetero) is 1. The minimum absolute atomic E-state index is 0.295. The molecule has 1 fully saturated rings. The van der Waals surface area contributed by atoms with Crippen molar-refractivity contribution in [1.82, 2.24) is 0 Å². The highest BCUT2D eigenvalue weighted by atomic mass is 16.1. The molecule has 0 radical (unpaired) electrons. The Hall–Kier alpha value is -0.370. The maximum Gasteiger partial charge on any atom is 0.186 e. The molecule has 0 saturated carbocycles. The number of quaternary nitrogens is 1. The van der Waals surface area contributed by atoms with Crippen LogP contribution in [0.3, 0.4) is 0 Å². The van der Waals surface area contributed by atoms with Crippen LogP contribution in [-0.2, 0) is 4.79 Å². The lowest BCUT2D eigenvalue weighted by atomic mass is 9.95. The summed E-state index contributed by atoms with van der Waals surface area (Å²) in [6, 6.07) is 0.295. The van der Waals surface area contributed by atoms with Gasteiger partial charge in [0.2, 0.25) is 0 Å². The standard InChI is InChI=1S/C11H22NO/c1-4-12(5-2)9-7-6-8-11(12)10(3)13/h11H,4-9H2,1-3H3/q+1. The van der Waals surface area contributed by atoms with Gasteiger partial charge in [-0.25, -0.2) is 0 Å². The summed E-state index contributed by atoms with van der Waals surface area (Å²) in [5.41, 5.74) is 0. The molecule has 1 saturated heterocycles. The third-order valence-corrected chi connectivity index (χ3v) is 3.72. The molecule has 0 aromatic rings. The minimum atomic E-state index is 0.295. The van der Waals surface area contributed by atoms with Gasteiger partial charge < -0.3 is 4.48 Å². The molecular weight excluding hydrogens is 162 g/mol. The number of hydrogen-bond donors (Lipinski definition) is 0. The molecule has 1 atom stereocenters. The fraction of sp³-hybridized carbons (Fsp3) is 0.909. The Morgan fingerprint density at radius 1 is 1.31 bits per heavy atom. The van der Waals surface area contributed by atoms with E-state index in [1.165, 1.54) is 19.4 Å². The van der Waals surface area contributed by atoms with Gasteiger partial charge in [-0.1, -0.05) is 0 Å². The Kier molecular flexibility index (Phi) is 3.48. The Morgan fingerprint density at radius 2 is 1.92 bits per heavy atom. The molecule has 0 aromatic carbocycles. The van der Waals surface area contributed by atoms with Gasteiger partial charge in [0.05, 0.1) is 19.6 Å². The van der Waals surface area contributed by atoms with Crippen molar-refractivity contribution in [3.63, 3.8) is 0 Å². The Morgan fingerprint density at radius 3 is 2.31 bits per heavy atom. The zero-order valence-corrected chi connectivity index (χ0v) is 9.18. The van der Waals surface area contributed by atoms with Gasteiger partial charge in [0.25, 0.3) is 0 Å². The van der Waals surface area contributed by atoms with Crippen molar-refractivity contribution in [2.24, 2.45) is 0 Å². The predicted molar refractivity (Wildman–Crippen MR) is 54.5 cm³/mol. The number of ketones is 1. The molecule has 1 aliphatic heterocycles. The largest absolute Gasteiger partial charge is 0.315 e. The van der Waals surface area contributed by atoms with Gasteiger partial charge in [-0.05, 0) is 26.7 Å². The van der Waals surface area contributed by atoms with E-state index in [0.717, 1.165) is 24.0 Å². The molecule has 13 heavy (non-hydrogen) atoms. The minimum Gasteiger partial charge on any atom is -0.315 e. The number of hydrogen-bond acceptors (Lipinski definition) is 1. The molecule has 1 heterocycles. The lowest BCUT2D eigenvalue weighted by Gasteiger charge is -2.45. The maximum atomic E-state index is 11.5. The molecule has 2 nitrogen and oxygen atoms in total. The number of carbonyl (C=O) groups excluding carboxylic acids is 1. The van der Waals surface area contributed by atoms with Crippen molar-refractivity contribution in [2.75, 3.05) is 19.6 Å². The van der Waals surface area contributed by atoms with Crippen LogP contribution >= 0.6 is 0 Å². The van der Waals surface area contributed by atoms with Gasteiger partial charge in [0.15, 0.2) is 5.78 Å². The molecule has 0 amide bonds. The van der Waals surface area contributed by atoms with Crippen LogP contribution in [0.2, 0.25) is 0 Å². The second-order valence-electron chi connectivity index (χ2n) is 4.20. The highest BCUT2D eigenvalue weighted by Crippen LogP contribution is 2.25. The van der Waals surface area contributed by atoms with E-state index < -0.39 is 0 Å². The summed E-state index contributed by atoms with van der Waals surface area (Å²) in [6.45, 7) is 9.61. The Labute approximate surface area is 81.5 Å². The van der Waals surface area contributed by atoms with Crippen molar-refractivity contribution >= 4 is 5.78 Å². The first-order chi connectivity index (χ1) is 6.16. The number of carbonyl (C=O) groups is 1. The van der Waals surface area contributed by atoms with Gasteiger partial charge >= 0.3 is 0 Å². The van der Waals surface area contributed by atoms with Gasteiger partial charge in [0.1, 0.15) is 6.04 Å². The lowest BCUT2D eigenvalue weighted by molar-refractivity contribution is -0.944. The van der Waals surface area contributed by atoms with Crippen LogP contribution in [0.1, 0.15) is 40.0 Å². The van der Waals surface area contributed by atoms with Crippen LogP contribution in [0.5, 0.6) is 0 Å². The Balaban J connectivity index is 2.81. The molecule has 0 aliphatic carbocycles. The van der Waals surface area contributed by atoms with E-state index in [2.05, 4.69) is 13.8 Å². The van der Waals surface area contributed by atoms with E-state index in [1.54, 1.807) is 6.92 Å². The number of likely N-dealkylation sites (N-methyl/N-ethyl adjacent to an activating group) is 1. The van der Waals surface area contributed by atoms with E-state index in [-0.39, 0.29) is 0 Å². The van der Waals surface area contributed by atoms with E-state index in [4.69, 9.17) is 0 Å². The van der Waals surface area contributed by atoms with Crippen LogP contribution < -0.4 is 0 Å². The van der Waals surface area contributed by atoms with Gasteiger partial charge in [0, 0.05) is 13.3 Å². The topological polar surface area (TPSA) is 17.1 Å². The van der Waals surface area contributed by atoms with Crippen molar-refractivity contribution in [1.29, 1.82) is 0 Å². The van der Waals surface area contributed by atoms with E-state index in [0.29, 0.717) is 11.8 Å². The van der Waals surface area contributed by atoms with Crippen LogP contribution in [0, 0.1) is 0 Å². The molecule has 0 bridgehead atoms. The highest BCUT2D eigenvalue weighted by molar-refractivity contribution is 5.80. The van der Waals surface area contributed by atoms with Crippen molar-refractivity contribution in [3.05, 3.63) is 0 Å². The average Bonchev–Trinajstić information content (AvgIpc) is 2.17. The summed E-state index contributed by atoms with van der Waals surface area (Å²) in [7, 11) is 0. The first-order valence-corrected chi connectivity index (χ1v) is 5.52. The molecule has 1 aliphatic rings. The second kappa shape index (κ2) is 4.23. The normalized spacial score (nSPS) is 27.2. The summed E-state index contributed by atoms with van der Waals surface area (Å²) in [5, 5.41) is 0. The van der Waals surface area contributed by atoms with Gasteiger partial charge in [-0.15, -0.1) is 0 Å². The zero-order valence-electron chi connectivity index (χ0n) is 9.18. The summed E-state index contributed by atoms with van der Waals surface area (Å²) < 4.78 is 1.04. The van der Waals surface area contributed by atoms with Crippen molar-refractivity contribution in [2.45, 2.75) is 46.1 Å².